The number of hydrogen-bond donors (Lipinski definition) is 0. The number of fused-ring (bicyclic) bond motifs is 2. The van der Waals surface area contributed by atoms with Crippen LogP contribution >= 0.6 is 15.9 Å². The van der Waals surface area contributed by atoms with Gasteiger partial charge in [-0.1, -0.05) is 31.2 Å². The molecule has 3 aromatic rings. The molecule has 0 aliphatic carbocycles. The van der Waals surface area contributed by atoms with Gasteiger partial charge in [0, 0.05) is 16.7 Å². The molecule has 1 aromatic carbocycles. The fourth-order valence-corrected chi connectivity index (χ4v) is 4.36. The van der Waals surface area contributed by atoms with Crippen LogP contribution in [0.3, 0.4) is 0 Å². The lowest BCUT2D eigenvalue weighted by Gasteiger charge is -2.42. The van der Waals surface area contributed by atoms with Crippen molar-refractivity contribution >= 4 is 27.4 Å². The van der Waals surface area contributed by atoms with Gasteiger partial charge in [-0.2, -0.15) is 5.10 Å². The Morgan fingerprint density at radius 2 is 2.12 bits per heavy atom. The van der Waals surface area contributed by atoms with Crippen molar-refractivity contribution in [1.82, 2.24) is 14.5 Å². The SMILES string of the molecule is CCC1Cc2ccccc2C(C)N1C(=O)c1cc(Br)cn2nccc12. The Hall–Kier alpha value is -2.14. The van der Waals surface area contributed by atoms with Crippen LogP contribution in [0, 0.1) is 0 Å². The number of aromatic nitrogens is 2. The highest BCUT2D eigenvalue weighted by molar-refractivity contribution is 9.10. The molecule has 3 heterocycles. The fraction of sp³-hybridized carbons (Fsp3) is 0.300. The smallest absolute Gasteiger partial charge is 0.256 e. The third-order valence-electron chi connectivity index (χ3n) is 5.18. The molecule has 25 heavy (non-hydrogen) atoms. The maximum Gasteiger partial charge on any atom is 0.256 e. The summed E-state index contributed by atoms with van der Waals surface area (Å²) < 4.78 is 2.60. The van der Waals surface area contributed by atoms with E-state index in [2.05, 4.69) is 64.0 Å². The molecule has 1 amide bonds. The van der Waals surface area contributed by atoms with Crippen molar-refractivity contribution in [2.75, 3.05) is 0 Å². The van der Waals surface area contributed by atoms with Crippen LogP contribution in [0.1, 0.15) is 47.8 Å². The largest absolute Gasteiger partial charge is 0.329 e. The highest BCUT2D eigenvalue weighted by atomic mass is 79.9. The molecule has 4 rings (SSSR count). The highest BCUT2D eigenvalue weighted by Crippen LogP contribution is 2.35. The molecule has 0 radical (unpaired) electrons. The monoisotopic (exact) mass is 397 g/mol. The Balaban J connectivity index is 1.82. The summed E-state index contributed by atoms with van der Waals surface area (Å²) in [7, 11) is 0. The molecule has 0 saturated heterocycles. The minimum Gasteiger partial charge on any atom is -0.329 e. The molecule has 2 unspecified atom stereocenters. The second-order valence-corrected chi connectivity index (χ2v) is 7.50. The standard InChI is InChI=1S/C20H20BrN3O/c1-3-16-10-14-6-4-5-7-17(14)13(2)24(16)20(25)18-11-15(21)12-23-19(18)8-9-22-23/h4-9,11-13,16H,3,10H2,1-2H3. The Labute approximate surface area is 155 Å². The topological polar surface area (TPSA) is 37.6 Å². The number of rotatable bonds is 2. The van der Waals surface area contributed by atoms with Crippen LogP contribution in [0.25, 0.3) is 5.52 Å². The minimum absolute atomic E-state index is 0.0596. The molecule has 2 aromatic heterocycles. The summed E-state index contributed by atoms with van der Waals surface area (Å²) >= 11 is 3.50. The summed E-state index contributed by atoms with van der Waals surface area (Å²) in [4.78, 5) is 15.6. The average Bonchev–Trinajstić information content (AvgIpc) is 3.08. The van der Waals surface area contributed by atoms with Crippen molar-refractivity contribution in [2.45, 2.75) is 38.8 Å². The van der Waals surface area contributed by atoms with Crippen molar-refractivity contribution in [1.29, 1.82) is 0 Å². The summed E-state index contributed by atoms with van der Waals surface area (Å²) in [5.41, 5.74) is 4.14. The number of carbonyl (C=O) groups excluding carboxylic acids is 1. The van der Waals surface area contributed by atoms with E-state index in [0.29, 0.717) is 5.56 Å². The molecule has 1 aliphatic heterocycles. The third kappa shape index (κ3) is 2.67. The Morgan fingerprint density at radius 3 is 2.92 bits per heavy atom. The first-order valence-electron chi connectivity index (χ1n) is 8.63. The molecule has 0 bridgehead atoms. The normalized spacial score (nSPS) is 19.9. The van der Waals surface area contributed by atoms with Crippen LogP contribution in [0.2, 0.25) is 0 Å². The number of carbonyl (C=O) groups is 1. The van der Waals surface area contributed by atoms with Gasteiger partial charge in [0.05, 0.1) is 23.3 Å². The van der Waals surface area contributed by atoms with Crippen LogP contribution in [-0.4, -0.2) is 26.5 Å². The van der Waals surface area contributed by atoms with Crippen LogP contribution in [-0.2, 0) is 6.42 Å². The van der Waals surface area contributed by atoms with E-state index in [1.807, 2.05) is 18.3 Å². The van der Waals surface area contributed by atoms with Crippen LogP contribution in [0.15, 0.2) is 53.3 Å². The van der Waals surface area contributed by atoms with Crippen LogP contribution in [0.4, 0.5) is 0 Å². The Morgan fingerprint density at radius 1 is 1.32 bits per heavy atom. The number of pyridine rings is 1. The van der Waals surface area contributed by atoms with Crippen molar-refractivity contribution in [3.05, 3.63) is 70.0 Å². The van der Waals surface area contributed by atoms with Gasteiger partial charge in [0.15, 0.2) is 0 Å². The summed E-state index contributed by atoms with van der Waals surface area (Å²) in [5, 5.41) is 4.28. The molecule has 2 atom stereocenters. The Bertz CT molecular complexity index is 949. The molecule has 4 nitrogen and oxygen atoms in total. The average molecular weight is 398 g/mol. The molecule has 128 valence electrons. The van der Waals surface area contributed by atoms with Gasteiger partial charge in [-0.3, -0.25) is 4.79 Å². The van der Waals surface area contributed by atoms with E-state index in [-0.39, 0.29) is 18.0 Å². The van der Waals surface area contributed by atoms with Gasteiger partial charge in [-0.15, -0.1) is 0 Å². The van der Waals surface area contributed by atoms with E-state index in [1.54, 1.807) is 10.7 Å². The first-order chi connectivity index (χ1) is 12.1. The molecule has 0 spiro atoms. The van der Waals surface area contributed by atoms with E-state index < -0.39 is 0 Å². The third-order valence-corrected chi connectivity index (χ3v) is 5.62. The van der Waals surface area contributed by atoms with E-state index in [0.717, 1.165) is 22.8 Å². The molecular formula is C20H20BrN3O. The van der Waals surface area contributed by atoms with Gasteiger partial charge >= 0.3 is 0 Å². The lowest BCUT2D eigenvalue weighted by molar-refractivity contribution is 0.0552. The molecule has 5 heteroatoms. The van der Waals surface area contributed by atoms with E-state index in [9.17, 15) is 4.79 Å². The van der Waals surface area contributed by atoms with Crippen molar-refractivity contribution in [3.8, 4) is 0 Å². The molecular weight excluding hydrogens is 378 g/mol. The predicted molar refractivity (Wildman–Crippen MR) is 102 cm³/mol. The van der Waals surface area contributed by atoms with E-state index in [4.69, 9.17) is 0 Å². The molecule has 0 N–H and O–H groups in total. The molecule has 1 aliphatic rings. The highest BCUT2D eigenvalue weighted by Gasteiger charge is 2.35. The van der Waals surface area contributed by atoms with Gasteiger partial charge in [0.2, 0.25) is 0 Å². The lowest BCUT2D eigenvalue weighted by atomic mass is 9.87. The first-order valence-corrected chi connectivity index (χ1v) is 9.42. The maximum absolute atomic E-state index is 13.5. The fourth-order valence-electron chi connectivity index (χ4n) is 3.94. The van der Waals surface area contributed by atoms with Crippen LogP contribution in [0.5, 0.6) is 0 Å². The summed E-state index contributed by atoms with van der Waals surface area (Å²) in [6.45, 7) is 4.28. The molecule has 0 saturated carbocycles. The maximum atomic E-state index is 13.5. The number of nitrogens with zero attached hydrogens (tertiary/aromatic N) is 3. The quantitative estimate of drug-likeness (QED) is 0.631. The second kappa shape index (κ2) is 6.30. The van der Waals surface area contributed by atoms with E-state index in [1.165, 1.54) is 11.1 Å². The zero-order valence-electron chi connectivity index (χ0n) is 14.3. The Kier molecular flexibility index (Phi) is 4.12. The zero-order valence-corrected chi connectivity index (χ0v) is 15.9. The van der Waals surface area contributed by atoms with Gasteiger partial charge < -0.3 is 4.90 Å². The van der Waals surface area contributed by atoms with Crippen molar-refractivity contribution in [3.63, 3.8) is 0 Å². The minimum atomic E-state index is 0.0596. The summed E-state index contributed by atoms with van der Waals surface area (Å²) in [6, 6.07) is 12.5. The molecule has 0 fully saturated rings. The first kappa shape index (κ1) is 16.3. The van der Waals surface area contributed by atoms with Gasteiger partial charge in [-0.05, 0) is 59.0 Å². The second-order valence-electron chi connectivity index (χ2n) is 6.59. The summed E-state index contributed by atoms with van der Waals surface area (Å²) in [6.07, 6.45) is 5.45. The van der Waals surface area contributed by atoms with Crippen molar-refractivity contribution in [2.24, 2.45) is 0 Å². The number of halogens is 1. The number of amides is 1. The van der Waals surface area contributed by atoms with Gasteiger partial charge in [0.25, 0.3) is 5.91 Å². The van der Waals surface area contributed by atoms with E-state index >= 15 is 0 Å². The number of benzene rings is 1. The lowest BCUT2D eigenvalue weighted by Crippen LogP contribution is -2.46. The summed E-state index contributed by atoms with van der Waals surface area (Å²) in [5.74, 6) is 0.0700. The zero-order chi connectivity index (χ0) is 17.6. The predicted octanol–water partition coefficient (Wildman–Crippen LogP) is 4.63. The van der Waals surface area contributed by atoms with Gasteiger partial charge in [0.1, 0.15) is 0 Å². The van der Waals surface area contributed by atoms with Gasteiger partial charge in [-0.25, -0.2) is 4.52 Å². The van der Waals surface area contributed by atoms with Crippen molar-refractivity contribution < 1.29 is 4.79 Å². The number of hydrogen-bond acceptors (Lipinski definition) is 2. The van der Waals surface area contributed by atoms with Crippen LogP contribution < -0.4 is 0 Å².